The number of imide groups is 1. The molecule has 1 aliphatic heterocycles. The molecule has 178 valence electrons. The summed E-state index contributed by atoms with van der Waals surface area (Å²) in [6.45, 7) is 0. The van der Waals surface area contributed by atoms with Gasteiger partial charge < -0.3 is 15.8 Å². The number of pyridine rings is 1. The molecular formula is C26H30N4O4. The van der Waals surface area contributed by atoms with Crippen molar-refractivity contribution in [3.8, 4) is 5.75 Å². The number of ether oxygens (including phenoxy) is 1. The molecule has 1 saturated heterocycles. The fourth-order valence-electron chi connectivity index (χ4n) is 4.46. The molecule has 2 heterocycles. The van der Waals surface area contributed by atoms with Crippen molar-refractivity contribution in [2.75, 3.05) is 0 Å². The van der Waals surface area contributed by atoms with Crippen LogP contribution in [0.2, 0.25) is 0 Å². The Morgan fingerprint density at radius 1 is 1.12 bits per heavy atom. The summed E-state index contributed by atoms with van der Waals surface area (Å²) in [7, 11) is 0. The van der Waals surface area contributed by atoms with Gasteiger partial charge in [0.1, 0.15) is 5.75 Å². The third kappa shape index (κ3) is 5.69. The molecular weight excluding hydrogens is 432 g/mol. The number of nitrogens with zero attached hydrogens (tertiary/aromatic N) is 2. The maximum Gasteiger partial charge on any atom is 0.261 e. The number of hydrogen-bond acceptors (Lipinski definition) is 6. The molecule has 0 spiro atoms. The summed E-state index contributed by atoms with van der Waals surface area (Å²) in [5.41, 5.74) is 6.94. The van der Waals surface area contributed by atoms with E-state index in [1.54, 1.807) is 54.9 Å². The fourth-order valence-corrected chi connectivity index (χ4v) is 4.46. The van der Waals surface area contributed by atoms with Crippen LogP contribution in [0.5, 0.6) is 5.75 Å². The molecule has 1 aliphatic carbocycles. The van der Waals surface area contributed by atoms with Crippen LogP contribution >= 0.6 is 0 Å². The highest BCUT2D eigenvalue weighted by molar-refractivity contribution is 6.09. The molecule has 2 fully saturated rings. The Labute approximate surface area is 199 Å². The summed E-state index contributed by atoms with van der Waals surface area (Å²) in [5.74, 6) is -0.533. The van der Waals surface area contributed by atoms with E-state index < -0.39 is 36.0 Å². The van der Waals surface area contributed by atoms with Crippen molar-refractivity contribution in [3.63, 3.8) is 0 Å². The van der Waals surface area contributed by atoms with E-state index in [1.165, 1.54) is 12.5 Å². The quantitative estimate of drug-likeness (QED) is 0.460. The minimum Gasteiger partial charge on any atom is -0.467 e. The van der Waals surface area contributed by atoms with Crippen LogP contribution in [0.1, 0.15) is 44.1 Å². The summed E-state index contributed by atoms with van der Waals surface area (Å²) >= 11 is 0. The van der Waals surface area contributed by atoms with Crippen molar-refractivity contribution in [2.45, 2.75) is 56.8 Å². The first-order valence-corrected chi connectivity index (χ1v) is 11.8. The van der Waals surface area contributed by atoms with Gasteiger partial charge in [-0.15, -0.1) is 0 Å². The first-order chi connectivity index (χ1) is 16.5. The second-order valence-corrected chi connectivity index (χ2v) is 8.81. The van der Waals surface area contributed by atoms with Crippen LogP contribution in [0.4, 0.5) is 0 Å². The maximum atomic E-state index is 12.9. The van der Waals surface area contributed by atoms with Gasteiger partial charge in [0.2, 0.25) is 12.1 Å². The number of aromatic nitrogens is 1. The number of para-hydroxylation sites is 1. The van der Waals surface area contributed by atoms with E-state index in [1.807, 2.05) is 6.07 Å². The molecule has 1 aromatic heterocycles. The number of carbonyl (C=O) groups excluding carboxylic acids is 3. The van der Waals surface area contributed by atoms with Crippen molar-refractivity contribution in [1.29, 1.82) is 0 Å². The van der Waals surface area contributed by atoms with Crippen LogP contribution in [0.3, 0.4) is 0 Å². The van der Waals surface area contributed by atoms with Crippen LogP contribution in [0, 0.1) is 5.92 Å². The normalized spacial score (nSPS) is 21.7. The highest BCUT2D eigenvalue weighted by atomic mass is 16.5. The van der Waals surface area contributed by atoms with Crippen LogP contribution in [0.15, 0.2) is 60.9 Å². The third-order valence-corrected chi connectivity index (χ3v) is 6.35. The molecule has 1 saturated carbocycles. The average Bonchev–Trinajstić information content (AvgIpc) is 2.87. The zero-order chi connectivity index (χ0) is 23.9. The standard InChI is InChI=1S/C26H30N4O4/c27-21(17-19-7-3-1-4-8-19)24(32)29-23-25(33)30(26(23)34-20-9-5-2-6-10-20)22(31)12-11-18-13-15-28-16-14-18/h2,5-6,9-16,19,21,23,26H,1,3-4,7-8,17,27H2,(H,29,32)/b12-11+. The Hall–Kier alpha value is -3.52. The Kier molecular flexibility index (Phi) is 7.69. The van der Waals surface area contributed by atoms with Crippen LogP contribution in [0.25, 0.3) is 6.08 Å². The lowest BCUT2D eigenvalue weighted by Crippen LogP contribution is -2.74. The van der Waals surface area contributed by atoms with E-state index in [0.29, 0.717) is 18.1 Å². The molecule has 8 heteroatoms. The summed E-state index contributed by atoms with van der Waals surface area (Å²) in [5, 5.41) is 2.72. The Morgan fingerprint density at radius 3 is 2.53 bits per heavy atom. The van der Waals surface area contributed by atoms with Gasteiger partial charge in [-0.25, -0.2) is 4.90 Å². The summed E-state index contributed by atoms with van der Waals surface area (Å²) in [6.07, 6.45) is 11.5. The second-order valence-electron chi connectivity index (χ2n) is 8.81. The Bertz CT molecular complexity index is 1020. The molecule has 4 rings (SSSR count). The van der Waals surface area contributed by atoms with Crippen molar-refractivity contribution in [1.82, 2.24) is 15.2 Å². The van der Waals surface area contributed by atoms with Gasteiger partial charge in [0.25, 0.3) is 11.8 Å². The van der Waals surface area contributed by atoms with Gasteiger partial charge in [-0.2, -0.15) is 0 Å². The predicted octanol–water partition coefficient (Wildman–Crippen LogP) is 2.65. The van der Waals surface area contributed by atoms with Crippen molar-refractivity contribution in [2.24, 2.45) is 11.7 Å². The number of hydrogen-bond donors (Lipinski definition) is 2. The largest absolute Gasteiger partial charge is 0.467 e. The zero-order valence-electron chi connectivity index (χ0n) is 19.0. The monoisotopic (exact) mass is 462 g/mol. The minimum atomic E-state index is -0.983. The molecule has 8 nitrogen and oxygen atoms in total. The van der Waals surface area contributed by atoms with E-state index in [2.05, 4.69) is 10.3 Å². The zero-order valence-corrected chi connectivity index (χ0v) is 19.0. The smallest absolute Gasteiger partial charge is 0.261 e. The molecule has 3 unspecified atom stereocenters. The highest BCUT2D eigenvalue weighted by Crippen LogP contribution is 2.28. The third-order valence-electron chi connectivity index (χ3n) is 6.35. The molecule has 3 amide bonds. The van der Waals surface area contributed by atoms with Crippen molar-refractivity contribution < 1.29 is 19.1 Å². The van der Waals surface area contributed by atoms with Crippen LogP contribution in [-0.2, 0) is 14.4 Å². The molecule has 2 aliphatic rings. The lowest BCUT2D eigenvalue weighted by molar-refractivity contribution is -0.176. The molecule has 1 aromatic carbocycles. The predicted molar refractivity (Wildman–Crippen MR) is 127 cm³/mol. The number of nitrogens with two attached hydrogens (primary N) is 1. The Morgan fingerprint density at radius 2 is 1.82 bits per heavy atom. The van der Waals surface area contributed by atoms with Crippen molar-refractivity contribution >= 4 is 23.8 Å². The van der Waals surface area contributed by atoms with Gasteiger partial charge in [0.05, 0.1) is 6.04 Å². The highest BCUT2D eigenvalue weighted by Gasteiger charge is 2.53. The van der Waals surface area contributed by atoms with Gasteiger partial charge in [0.15, 0.2) is 6.04 Å². The SMILES string of the molecule is NC(CC1CCCCC1)C(=O)NC1C(=O)N(C(=O)/C=C/c2ccncc2)C1Oc1ccccc1. The van der Waals surface area contributed by atoms with E-state index >= 15 is 0 Å². The summed E-state index contributed by atoms with van der Waals surface area (Å²) in [4.78, 5) is 43.5. The number of nitrogens with one attached hydrogen (secondary N) is 1. The first-order valence-electron chi connectivity index (χ1n) is 11.8. The average molecular weight is 463 g/mol. The summed E-state index contributed by atoms with van der Waals surface area (Å²) in [6, 6.07) is 10.7. The molecule has 3 N–H and O–H groups in total. The number of benzene rings is 1. The van der Waals surface area contributed by atoms with Gasteiger partial charge in [-0.05, 0) is 48.2 Å². The van der Waals surface area contributed by atoms with Crippen molar-refractivity contribution in [3.05, 3.63) is 66.5 Å². The number of carbonyl (C=O) groups is 3. The van der Waals surface area contributed by atoms with E-state index in [4.69, 9.17) is 10.5 Å². The molecule has 3 atom stereocenters. The molecule has 2 aromatic rings. The van der Waals surface area contributed by atoms with E-state index in [-0.39, 0.29) is 0 Å². The molecule has 0 bridgehead atoms. The lowest BCUT2D eigenvalue weighted by atomic mass is 9.85. The topological polar surface area (TPSA) is 115 Å². The van der Waals surface area contributed by atoms with Gasteiger partial charge >= 0.3 is 0 Å². The fraction of sp³-hybridized carbons (Fsp3) is 0.385. The molecule has 0 radical (unpaired) electrons. The van der Waals surface area contributed by atoms with Gasteiger partial charge in [-0.3, -0.25) is 19.4 Å². The number of rotatable bonds is 8. The number of amides is 3. The first kappa shape index (κ1) is 23.6. The minimum absolute atomic E-state index is 0.398. The van der Waals surface area contributed by atoms with E-state index in [9.17, 15) is 14.4 Å². The van der Waals surface area contributed by atoms with Crippen LogP contribution < -0.4 is 15.8 Å². The second kappa shape index (κ2) is 11.1. The lowest BCUT2D eigenvalue weighted by Gasteiger charge is -2.44. The Balaban J connectivity index is 1.44. The van der Waals surface area contributed by atoms with E-state index in [0.717, 1.165) is 36.1 Å². The van der Waals surface area contributed by atoms with Gasteiger partial charge in [0, 0.05) is 18.5 Å². The molecule has 34 heavy (non-hydrogen) atoms. The maximum absolute atomic E-state index is 12.9. The number of likely N-dealkylation sites (tertiary alicyclic amines) is 1. The number of β-lactam (4-membered cyclic amide) rings is 1. The van der Waals surface area contributed by atoms with Gasteiger partial charge in [-0.1, -0.05) is 50.3 Å². The summed E-state index contributed by atoms with van der Waals surface area (Å²) < 4.78 is 5.93. The van der Waals surface area contributed by atoms with Crippen LogP contribution in [-0.4, -0.2) is 45.9 Å².